The van der Waals surface area contributed by atoms with E-state index in [2.05, 4.69) is 5.32 Å². The first kappa shape index (κ1) is 13.3. The highest BCUT2D eigenvalue weighted by atomic mass is 35.5. The summed E-state index contributed by atoms with van der Waals surface area (Å²) in [6, 6.07) is 5.19. The molecule has 1 aromatic carbocycles. The molecular weight excluding hydrogens is 281 g/mol. The van der Waals surface area contributed by atoms with Crippen molar-refractivity contribution in [3.63, 3.8) is 0 Å². The Morgan fingerprint density at radius 2 is 2.05 bits per heavy atom. The van der Waals surface area contributed by atoms with Crippen molar-refractivity contribution in [2.75, 3.05) is 5.32 Å². The fourth-order valence-electron chi connectivity index (χ4n) is 3.65. The number of carbonyl (C=O) groups excluding carboxylic acids is 1. The summed E-state index contributed by atoms with van der Waals surface area (Å²) in [6.45, 7) is 0. The quantitative estimate of drug-likeness (QED) is 0.856. The van der Waals surface area contributed by atoms with Gasteiger partial charge >= 0.3 is 0 Å². The predicted molar refractivity (Wildman–Crippen MR) is 78.6 cm³/mol. The zero-order valence-corrected chi connectivity index (χ0v) is 12.2. The maximum atomic E-state index is 12.1. The summed E-state index contributed by atoms with van der Waals surface area (Å²) in [5, 5.41) is 3.89. The van der Waals surface area contributed by atoms with E-state index in [-0.39, 0.29) is 5.91 Å². The Morgan fingerprint density at radius 3 is 2.68 bits per heavy atom. The van der Waals surface area contributed by atoms with Crippen molar-refractivity contribution < 1.29 is 4.79 Å². The van der Waals surface area contributed by atoms with Crippen LogP contribution < -0.4 is 5.32 Å². The number of fused-ring (bicyclic) bond motifs is 2. The van der Waals surface area contributed by atoms with Gasteiger partial charge in [-0.3, -0.25) is 4.79 Å². The van der Waals surface area contributed by atoms with Crippen LogP contribution in [0.25, 0.3) is 0 Å². The van der Waals surface area contributed by atoms with Crippen LogP contribution in [0.4, 0.5) is 5.69 Å². The smallest absolute Gasteiger partial charge is 0.224 e. The minimum atomic E-state index is 0.0935. The molecule has 0 unspecified atom stereocenters. The van der Waals surface area contributed by atoms with E-state index >= 15 is 0 Å². The van der Waals surface area contributed by atoms with Gasteiger partial charge in [0.15, 0.2) is 0 Å². The van der Waals surface area contributed by atoms with Crippen LogP contribution in [0.2, 0.25) is 10.0 Å². The number of benzene rings is 1. The summed E-state index contributed by atoms with van der Waals surface area (Å²) >= 11 is 11.8. The lowest BCUT2D eigenvalue weighted by molar-refractivity contribution is -0.117. The van der Waals surface area contributed by atoms with Crippen molar-refractivity contribution in [2.24, 2.45) is 17.8 Å². The molecule has 3 rings (SSSR count). The molecule has 1 aromatic rings. The normalized spacial score (nSPS) is 28.6. The first-order chi connectivity index (χ1) is 9.11. The van der Waals surface area contributed by atoms with Crippen molar-refractivity contribution in [2.45, 2.75) is 32.1 Å². The van der Waals surface area contributed by atoms with Gasteiger partial charge < -0.3 is 5.32 Å². The third-order valence-corrected chi connectivity index (χ3v) is 5.27. The summed E-state index contributed by atoms with van der Waals surface area (Å²) < 4.78 is 0. The molecule has 2 bridgehead atoms. The Labute approximate surface area is 123 Å². The van der Waals surface area contributed by atoms with Crippen LogP contribution in [-0.4, -0.2) is 5.91 Å². The molecule has 0 spiro atoms. The second-order valence-electron chi connectivity index (χ2n) is 5.82. The molecule has 19 heavy (non-hydrogen) atoms. The molecule has 1 N–H and O–H groups in total. The average Bonchev–Trinajstić information content (AvgIpc) is 2.96. The van der Waals surface area contributed by atoms with Gasteiger partial charge in [0.2, 0.25) is 5.91 Å². The Morgan fingerprint density at radius 1 is 1.21 bits per heavy atom. The van der Waals surface area contributed by atoms with Gasteiger partial charge in [-0.1, -0.05) is 29.6 Å². The zero-order valence-electron chi connectivity index (χ0n) is 10.7. The first-order valence-corrected chi connectivity index (χ1v) is 7.62. The number of nitrogens with one attached hydrogen (secondary N) is 1. The van der Waals surface area contributed by atoms with Crippen molar-refractivity contribution in [3.8, 4) is 0 Å². The molecule has 3 atom stereocenters. The van der Waals surface area contributed by atoms with Gasteiger partial charge in [0, 0.05) is 12.1 Å². The molecule has 2 fully saturated rings. The molecule has 0 aromatic heterocycles. The molecule has 0 aliphatic heterocycles. The Kier molecular flexibility index (Phi) is 3.72. The molecule has 102 valence electrons. The monoisotopic (exact) mass is 297 g/mol. The van der Waals surface area contributed by atoms with E-state index in [1.165, 1.54) is 25.7 Å². The number of hydrogen-bond donors (Lipinski definition) is 1. The summed E-state index contributed by atoms with van der Waals surface area (Å²) in [5.41, 5.74) is 0.725. The number of carbonyl (C=O) groups is 1. The number of amides is 1. The van der Waals surface area contributed by atoms with E-state index in [4.69, 9.17) is 23.2 Å². The Bertz CT molecular complexity index is 503. The zero-order chi connectivity index (χ0) is 13.4. The van der Waals surface area contributed by atoms with Gasteiger partial charge in [0.1, 0.15) is 0 Å². The van der Waals surface area contributed by atoms with Gasteiger partial charge in [-0.2, -0.15) is 0 Å². The van der Waals surface area contributed by atoms with Crippen molar-refractivity contribution in [3.05, 3.63) is 28.2 Å². The third kappa shape index (κ3) is 2.90. The fourth-order valence-corrected chi connectivity index (χ4v) is 3.95. The van der Waals surface area contributed by atoms with Crippen LogP contribution in [0.3, 0.4) is 0 Å². The van der Waals surface area contributed by atoms with Gasteiger partial charge in [-0.25, -0.2) is 0 Å². The minimum Gasteiger partial charge on any atom is -0.326 e. The molecule has 0 saturated heterocycles. The molecule has 1 amide bonds. The fraction of sp³-hybridized carbons (Fsp3) is 0.533. The van der Waals surface area contributed by atoms with Crippen molar-refractivity contribution in [1.82, 2.24) is 0 Å². The van der Waals surface area contributed by atoms with Gasteiger partial charge in [-0.05, 0) is 55.2 Å². The topological polar surface area (TPSA) is 29.1 Å². The molecule has 2 saturated carbocycles. The standard InChI is InChI=1S/C15H17Cl2NO/c16-13-4-3-12(8-14(13)17)18-15(19)7-11-6-9-1-2-10(11)5-9/h3-4,8-11H,1-2,5-7H2,(H,18,19)/t9-,10-,11-/m1/s1. The maximum absolute atomic E-state index is 12.1. The molecule has 2 aliphatic rings. The molecule has 2 aliphatic carbocycles. The van der Waals surface area contributed by atoms with E-state index in [1.54, 1.807) is 18.2 Å². The maximum Gasteiger partial charge on any atom is 0.224 e. The lowest BCUT2D eigenvalue weighted by atomic mass is 9.86. The van der Waals surface area contributed by atoms with Crippen LogP contribution in [0.1, 0.15) is 32.1 Å². The molecule has 0 radical (unpaired) electrons. The van der Waals surface area contributed by atoms with Crippen LogP contribution >= 0.6 is 23.2 Å². The Hall–Kier alpha value is -0.730. The SMILES string of the molecule is O=C(C[C@H]1C[C@@H]2CC[C@@H]1C2)Nc1ccc(Cl)c(Cl)c1. The average molecular weight is 298 g/mol. The highest BCUT2D eigenvalue weighted by molar-refractivity contribution is 6.42. The van der Waals surface area contributed by atoms with E-state index in [0.29, 0.717) is 22.4 Å². The van der Waals surface area contributed by atoms with Crippen LogP contribution in [0.5, 0.6) is 0 Å². The van der Waals surface area contributed by atoms with Crippen LogP contribution in [0, 0.1) is 17.8 Å². The summed E-state index contributed by atoms with van der Waals surface area (Å²) in [5.74, 6) is 2.34. The van der Waals surface area contributed by atoms with Crippen LogP contribution in [0.15, 0.2) is 18.2 Å². The van der Waals surface area contributed by atoms with E-state index in [9.17, 15) is 4.79 Å². The summed E-state index contributed by atoms with van der Waals surface area (Å²) in [7, 11) is 0. The highest BCUT2D eigenvalue weighted by Crippen LogP contribution is 2.49. The number of hydrogen-bond acceptors (Lipinski definition) is 1. The lowest BCUT2D eigenvalue weighted by Crippen LogP contribution is -2.20. The van der Waals surface area contributed by atoms with Crippen molar-refractivity contribution in [1.29, 1.82) is 0 Å². The van der Waals surface area contributed by atoms with E-state index in [0.717, 1.165) is 17.5 Å². The van der Waals surface area contributed by atoms with E-state index in [1.807, 2.05) is 0 Å². The largest absolute Gasteiger partial charge is 0.326 e. The summed E-state index contributed by atoms with van der Waals surface area (Å²) in [4.78, 5) is 12.1. The second kappa shape index (κ2) is 5.34. The van der Waals surface area contributed by atoms with Crippen molar-refractivity contribution >= 4 is 34.8 Å². The highest BCUT2D eigenvalue weighted by Gasteiger charge is 2.40. The number of halogens is 2. The molecular formula is C15H17Cl2NO. The molecule has 0 heterocycles. The number of anilines is 1. The van der Waals surface area contributed by atoms with Gasteiger partial charge in [0.05, 0.1) is 10.0 Å². The molecule has 4 heteroatoms. The minimum absolute atomic E-state index is 0.0935. The van der Waals surface area contributed by atoms with Gasteiger partial charge in [0.25, 0.3) is 0 Å². The predicted octanol–water partition coefficient (Wildman–Crippen LogP) is 4.76. The van der Waals surface area contributed by atoms with Crippen LogP contribution in [-0.2, 0) is 4.79 Å². The second-order valence-corrected chi connectivity index (χ2v) is 6.63. The third-order valence-electron chi connectivity index (χ3n) is 4.54. The summed E-state index contributed by atoms with van der Waals surface area (Å²) in [6.07, 6.45) is 5.90. The first-order valence-electron chi connectivity index (χ1n) is 6.86. The Balaban J connectivity index is 1.57. The number of rotatable bonds is 3. The van der Waals surface area contributed by atoms with Gasteiger partial charge in [-0.15, -0.1) is 0 Å². The molecule has 2 nitrogen and oxygen atoms in total. The lowest BCUT2D eigenvalue weighted by Gasteiger charge is -2.20. The van der Waals surface area contributed by atoms with E-state index < -0.39 is 0 Å².